The number of pyridine rings is 1. The van der Waals surface area contributed by atoms with Crippen LogP contribution < -0.4 is 5.32 Å². The van der Waals surface area contributed by atoms with E-state index in [2.05, 4.69) is 10.2 Å². The maximum absolute atomic E-state index is 13.5. The van der Waals surface area contributed by atoms with Crippen LogP contribution >= 0.6 is 11.3 Å². The molecule has 1 fully saturated rings. The van der Waals surface area contributed by atoms with Gasteiger partial charge in [0.05, 0.1) is 28.2 Å². The SMILES string of the molecule is CC(C)(C)NC(=O)CN1CCN(C(=O)c2cc(-c3cccs3)nc3ccccc23)CC1. The van der Waals surface area contributed by atoms with E-state index in [0.717, 1.165) is 21.5 Å². The molecule has 0 atom stereocenters. The highest BCUT2D eigenvalue weighted by Crippen LogP contribution is 2.28. The molecule has 0 radical (unpaired) electrons. The quantitative estimate of drug-likeness (QED) is 0.678. The normalized spacial score (nSPS) is 15.3. The third-order valence-electron chi connectivity index (χ3n) is 5.26. The molecule has 7 heteroatoms. The van der Waals surface area contributed by atoms with Crippen LogP contribution in [0.3, 0.4) is 0 Å². The van der Waals surface area contributed by atoms with E-state index in [1.807, 2.05) is 73.5 Å². The van der Waals surface area contributed by atoms with Gasteiger partial charge in [-0.25, -0.2) is 4.98 Å². The number of para-hydroxylation sites is 1. The van der Waals surface area contributed by atoms with Gasteiger partial charge in [0.1, 0.15) is 0 Å². The molecule has 0 saturated carbocycles. The summed E-state index contributed by atoms with van der Waals surface area (Å²) in [4.78, 5) is 35.5. The standard InChI is InChI=1S/C24H28N4O2S/c1-24(2,3)26-22(29)16-27-10-12-28(13-11-27)23(30)18-15-20(21-9-6-14-31-21)25-19-8-5-4-7-17(18)19/h4-9,14-15H,10-13,16H2,1-3H3,(H,26,29). The van der Waals surface area contributed by atoms with Crippen molar-refractivity contribution in [1.82, 2.24) is 20.1 Å². The number of carbonyl (C=O) groups is 2. The van der Waals surface area contributed by atoms with E-state index in [9.17, 15) is 9.59 Å². The molecule has 162 valence electrons. The minimum Gasteiger partial charge on any atom is -0.350 e. The van der Waals surface area contributed by atoms with Gasteiger partial charge in [-0.2, -0.15) is 0 Å². The van der Waals surface area contributed by atoms with Gasteiger partial charge in [0.2, 0.25) is 5.91 Å². The first-order valence-electron chi connectivity index (χ1n) is 10.6. The molecular formula is C24H28N4O2S. The zero-order valence-corrected chi connectivity index (χ0v) is 19.0. The van der Waals surface area contributed by atoms with E-state index < -0.39 is 0 Å². The van der Waals surface area contributed by atoms with E-state index in [1.54, 1.807) is 11.3 Å². The van der Waals surface area contributed by atoms with E-state index in [1.165, 1.54) is 0 Å². The minimum absolute atomic E-state index is 0.0213. The van der Waals surface area contributed by atoms with Crippen LogP contribution in [0, 0.1) is 0 Å². The maximum atomic E-state index is 13.5. The van der Waals surface area contributed by atoms with E-state index >= 15 is 0 Å². The fraction of sp³-hybridized carbons (Fsp3) is 0.375. The van der Waals surface area contributed by atoms with Crippen LogP contribution in [0.1, 0.15) is 31.1 Å². The maximum Gasteiger partial charge on any atom is 0.254 e. The Balaban J connectivity index is 1.50. The van der Waals surface area contributed by atoms with Gasteiger partial charge in [-0.15, -0.1) is 11.3 Å². The van der Waals surface area contributed by atoms with Crippen molar-refractivity contribution >= 4 is 34.1 Å². The van der Waals surface area contributed by atoms with Crippen LogP contribution in [-0.2, 0) is 4.79 Å². The number of nitrogens with zero attached hydrogens (tertiary/aromatic N) is 3. The average molecular weight is 437 g/mol. The molecule has 1 aliphatic heterocycles. The minimum atomic E-state index is -0.239. The molecule has 0 bridgehead atoms. The summed E-state index contributed by atoms with van der Waals surface area (Å²) >= 11 is 1.62. The van der Waals surface area contributed by atoms with Crippen molar-refractivity contribution in [2.45, 2.75) is 26.3 Å². The van der Waals surface area contributed by atoms with Gasteiger partial charge >= 0.3 is 0 Å². The first-order chi connectivity index (χ1) is 14.8. The lowest BCUT2D eigenvalue weighted by atomic mass is 10.1. The topological polar surface area (TPSA) is 65.5 Å². The van der Waals surface area contributed by atoms with Crippen molar-refractivity contribution in [1.29, 1.82) is 0 Å². The first kappa shape index (κ1) is 21.5. The zero-order valence-electron chi connectivity index (χ0n) is 18.2. The van der Waals surface area contributed by atoms with Gasteiger partial charge < -0.3 is 10.2 Å². The lowest BCUT2D eigenvalue weighted by molar-refractivity contribution is -0.124. The van der Waals surface area contributed by atoms with Gasteiger partial charge in [0.25, 0.3) is 5.91 Å². The molecule has 4 rings (SSSR count). The lowest BCUT2D eigenvalue weighted by Gasteiger charge is -2.35. The lowest BCUT2D eigenvalue weighted by Crippen LogP contribution is -2.52. The van der Waals surface area contributed by atoms with Crippen molar-refractivity contribution in [2.75, 3.05) is 32.7 Å². The molecule has 1 saturated heterocycles. The van der Waals surface area contributed by atoms with E-state index in [4.69, 9.17) is 4.98 Å². The van der Waals surface area contributed by atoms with Gasteiger partial charge in [0.15, 0.2) is 0 Å². The summed E-state index contributed by atoms with van der Waals surface area (Å²) in [6.45, 7) is 8.87. The molecular weight excluding hydrogens is 408 g/mol. The van der Waals surface area contributed by atoms with Crippen LogP contribution in [0.5, 0.6) is 0 Å². The van der Waals surface area contributed by atoms with Crippen LogP contribution in [0.15, 0.2) is 47.8 Å². The van der Waals surface area contributed by atoms with Crippen molar-refractivity contribution in [3.8, 4) is 10.6 Å². The molecule has 31 heavy (non-hydrogen) atoms. The molecule has 1 aromatic carbocycles. The van der Waals surface area contributed by atoms with Crippen molar-refractivity contribution < 1.29 is 9.59 Å². The zero-order chi connectivity index (χ0) is 22.0. The smallest absolute Gasteiger partial charge is 0.254 e. The Morgan fingerprint density at radius 1 is 1.06 bits per heavy atom. The highest BCUT2D eigenvalue weighted by molar-refractivity contribution is 7.13. The van der Waals surface area contributed by atoms with Crippen LogP contribution in [-0.4, -0.2) is 64.9 Å². The summed E-state index contributed by atoms with van der Waals surface area (Å²) in [6.07, 6.45) is 0. The first-order valence-corrected chi connectivity index (χ1v) is 11.4. The monoisotopic (exact) mass is 436 g/mol. The molecule has 6 nitrogen and oxygen atoms in total. The van der Waals surface area contributed by atoms with Crippen LogP contribution in [0.4, 0.5) is 0 Å². The van der Waals surface area contributed by atoms with E-state index in [-0.39, 0.29) is 17.4 Å². The van der Waals surface area contributed by atoms with E-state index in [0.29, 0.717) is 38.3 Å². The number of thiophene rings is 1. The number of rotatable bonds is 4. The second-order valence-electron chi connectivity index (χ2n) is 8.92. The molecule has 0 aliphatic carbocycles. The summed E-state index contributed by atoms with van der Waals surface area (Å²) in [5, 5.41) is 5.89. The highest BCUT2D eigenvalue weighted by atomic mass is 32.1. The second-order valence-corrected chi connectivity index (χ2v) is 9.86. The number of hydrogen-bond acceptors (Lipinski definition) is 5. The van der Waals surface area contributed by atoms with Crippen molar-refractivity contribution in [2.24, 2.45) is 0 Å². The molecule has 1 aliphatic rings. The number of amides is 2. The Hall–Kier alpha value is -2.77. The Morgan fingerprint density at radius 2 is 1.81 bits per heavy atom. The number of hydrogen-bond donors (Lipinski definition) is 1. The molecule has 3 heterocycles. The fourth-order valence-electron chi connectivity index (χ4n) is 3.84. The van der Waals surface area contributed by atoms with Crippen molar-refractivity contribution in [3.05, 3.63) is 53.4 Å². The molecule has 2 amide bonds. The summed E-state index contributed by atoms with van der Waals surface area (Å²) in [7, 11) is 0. The summed E-state index contributed by atoms with van der Waals surface area (Å²) in [6, 6.07) is 13.7. The highest BCUT2D eigenvalue weighted by Gasteiger charge is 2.26. The van der Waals surface area contributed by atoms with Crippen molar-refractivity contribution in [3.63, 3.8) is 0 Å². The Labute approximate surface area is 186 Å². The van der Waals surface area contributed by atoms with Gasteiger partial charge in [0, 0.05) is 37.1 Å². The summed E-state index contributed by atoms with van der Waals surface area (Å²) in [5.41, 5.74) is 2.11. The average Bonchev–Trinajstić information content (AvgIpc) is 3.26. The second kappa shape index (κ2) is 8.77. The Morgan fingerprint density at radius 3 is 2.48 bits per heavy atom. The largest absolute Gasteiger partial charge is 0.350 e. The number of carbonyl (C=O) groups excluding carboxylic acids is 2. The van der Waals surface area contributed by atoms with Gasteiger partial charge in [-0.3, -0.25) is 14.5 Å². The Bertz CT molecular complexity index is 1080. The Kier molecular flexibility index (Phi) is 6.07. The fourth-order valence-corrected chi connectivity index (χ4v) is 4.53. The predicted molar refractivity (Wildman–Crippen MR) is 125 cm³/mol. The van der Waals surface area contributed by atoms with Gasteiger partial charge in [-0.05, 0) is 44.4 Å². The number of fused-ring (bicyclic) bond motifs is 1. The third kappa shape index (κ3) is 5.11. The molecule has 3 aromatic rings. The number of nitrogens with one attached hydrogen (secondary N) is 1. The third-order valence-corrected chi connectivity index (χ3v) is 6.15. The number of piperazine rings is 1. The molecule has 0 spiro atoms. The van der Waals surface area contributed by atoms with Crippen LogP contribution in [0.25, 0.3) is 21.5 Å². The summed E-state index contributed by atoms with van der Waals surface area (Å²) in [5.74, 6) is 0.0446. The number of aromatic nitrogens is 1. The predicted octanol–water partition coefficient (Wildman–Crippen LogP) is 3.64. The van der Waals surface area contributed by atoms with Gasteiger partial charge in [-0.1, -0.05) is 24.3 Å². The summed E-state index contributed by atoms with van der Waals surface area (Å²) < 4.78 is 0. The molecule has 0 unspecified atom stereocenters. The van der Waals surface area contributed by atoms with Crippen LogP contribution in [0.2, 0.25) is 0 Å². The number of benzene rings is 1. The molecule has 2 aromatic heterocycles. The molecule has 1 N–H and O–H groups in total.